The van der Waals surface area contributed by atoms with E-state index in [-0.39, 0.29) is 4.90 Å². The van der Waals surface area contributed by atoms with Crippen molar-refractivity contribution in [3.8, 4) is 0 Å². The van der Waals surface area contributed by atoms with E-state index >= 15 is 0 Å². The van der Waals surface area contributed by atoms with Crippen molar-refractivity contribution in [2.45, 2.75) is 11.8 Å². The Morgan fingerprint density at radius 2 is 1.94 bits per heavy atom. The van der Waals surface area contributed by atoms with Crippen LogP contribution in [0, 0.1) is 6.92 Å². The van der Waals surface area contributed by atoms with Crippen molar-refractivity contribution >= 4 is 27.0 Å². The molecule has 2 aromatic rings. The quantitative estimate of drug-likeness (QED) is 0.831. The molecule has 0 radical (unpaired) electrons. The zero-order chi connectivity index (χ0) is 12.6. The zero-order valence-electron chi connectivity index (χ0n) is 9.34. The molecule has 0 aliphatic carbocycles. The summed E-state index contributed by atoms with van der Waals surface area (Å²) in [5, 5.41) is 1.28. The maximum absolute atomic E-state index is 11.3. The summed E-state index contributed by atoms with van der Waals surface area (Å²) in [4.78, 5) is -0.0591. The molecule has 88 valence electrons. The number of fused-ring (bicyclic) bond motifs is 1. The number of benzene rings is 2. The molecule has 0 spiro atoms. The summed E-state index contributed by atoms with van der Waals surface area (Å²) < 4.78 is 31.9. The highest BCUT2D eigenvalue weighted by atomic mass is 32.2. The molecule has 17 heavy (non-hydrogen) atoms. The highest BCUT2D eigenvalue weighted by Gasteiger charge is 2.15. The number of hydrogen-bond donors (Lipinski definition) is 1. The largest absolute Gasteiger partial charge is 0.295 e. The molecule has 1 N–H and O–H groups in total. The topological polar surface area (TPSA) is 54.4 Å². The molecule has 0 saturated carbocycles. The number of hydrogen-bond acceptors (Lipinski definition) is 2. The summed E-state index contributed by atoms with van der Waals surface area (Å²) in [5.74, 6) is 0. The average molecular weight is 248 g/mol. The van der Waals surface area contributed by atoms with Gasteiger partial charge in [0.2, 0.25) is 0 Å². The lowest BCUT2D eigenvalue weighted by molar-refractivity contribution is 0.484. The number of aryl methyl sites for hydroxylation is 1. The third-order valence-electron chi connectivity index (χ3n) is 2.63. The van der Waals surface area contributed by atoms with Crippen LogP contribution in [0.1, 0.15) is 11.1 Å². The molecule has 0 bridgehead atoms. The maximum atomic E-state index is 11.3. The summed E-state index contributed by atoms with van der Waals surface area (Å²) >= 11 is 0. The predicted octanol–water partition coefficient (Wildman–Crippen LogP) is 3.04. The molecule has 0 fully saturated rings. The van der Waals surface area contributed by atoms with Crippen molar-refractivity contribution in [2.24, 2.45) is 0 Å². The second-order valence-corrected chi connectivity index (χ2v) is 5.27. The van der Waals surface area contributed by atoms with Crippen LogP contribution in [-0.4, -0.2) is 13.0 Å². The van der Waals surface area contributed by atoms with Crippen LogP contribution >= 0.6 is 0 Å². The molecular formula is C13H12O3S. The van der Waals surface area contributed by atoms with E-state index in [1.165, 1.54) is 6.07 Å². The van der Waals surface area contributed by atoms with Crippen LogP contribution in [0.5, 0.6) is 0 Å². The summed E-state index contributed by atoms with van der Waals surface area (Å²) in [7, 11) is -4.21. The minimum Gasteiger partial charge on any atom is -0.282 e. The Hall–Kier alpha value is -1.65. The molecule has 0 aliphatic rings. The monoisotopic (exact) mass is 248 g/mol. The van der Waals surface area contributed by atoms with E-state index in [1.54, 1.807) is 25.1 Å². The first-order valence-corrected chi connectivity index (χ1v) is 6.51. The minimum atomic E-state index is -4.21. The van der Waals surface area contributed by atoms with Crippen molar-refractivity contribution in [3.05, 3.63) is 48.0 Å². The lowest BCUT2D eigenvalue weighted by Crippen LogP contribution is -2.00. The van der Waals surface area contributed by atoms with Crippen molar-refractivity contribution < 1.29 is 13.0 Å². The van der Waals surface area contributed by atoms with Crippen molar-refractivity contribution in [3.63, 3.8) is 0 Å². The molecule has 2 rings (SSSR count). The Bertz CT molecular complexity index is 700. The summed E-state index contributed by atoms with van der Waals surface area (Å²) in [6, 6.07) is 8.60. The highest BCUT2D eigenvalue weighted by molar-refractivity contribution is 7.86. The van der Waals surface area contributed by atoms with Crippen LogP contribution < -0.4 is 0 Å². The van der Waals surface area contributed by atoms with Gasteiger partial charge in [-0.2, -0.15) is 8.42 Å². The van der Waals surface area contributed by atoms with Gasteiger partial charge in [-0.1, -0.05) is 36.9 Å². The third-order valence-corrected chi connectivity index (χ3v) is 3.53. The summed E-state index contributed by atoms with van der Waals surface area (Å²) in [6.07, 6.45) is 1.66. The molecular weight excluding hydrogens is 236 g/mol. The Balaban J connectivity index is 3.01. The van der Waals surface area contributed by atoms with Crippen LogP contribution in [0.4, 0.5) is 0 Å². The van der Waals surface area contributed by atoms with Gasteiger partial charge in [0.15, 0.2) is 0 Å². The van der Waals surface area contributed by atoms with E-state index in [4.69, 9.17) is 0 Å². The Morgan fingerprint density at radius 3 is 2.53 bits per heavy atom. The molecule has 0 aliphatic heterocycles. The maximum Gasteiger partial charge on any atom is 0.295 e. The fraction of sp³-hybridized carbons (Fsp3) is 0.0769. The second kappa shape index (κ2) is 3.98. The molecule has 0 aromatic heterocycles. The van der Waals surface area contributed by atoms with Crippen molar-refractivity contribution in [1.29, 1.82) is 0 Å². The number of rotatable bonds is 2. The van der Waals surface area contributed by atoms with Gasteiger partial charge in [0.05, 0.1) is 0 Å². The van der Waals surface area contributed by atoms with Gasteiger partial charge >= 0.3 is 0 Å². The molecule has 0 unspecified atom stereocenters. The van der Waals surface area contributed by atoms with Crippen LogP contribution in [0.15, 0.2) is 41.8 Å². The van der Waals surface area contributed by atoms with Crippen LogP contribution in [-0.2, 0) is 10.1 Å². The molecule has 0 heterocycles. The zero-order valence-corrected chi connectivity index (χ0v) is 10.2. The SMILES string of the molecule is C=Cc1cccc2c(S(=O)(=O)O)cc(C)cc12. The predicted molar refractivity (Wildman–Crippen MR) is 68.6 cm³/mol. The van der Waals surface area contributed by atoms with E-state index in [9.17, 15) is 13.0 Å². The molecule has 4 heteroatoms. The Labute approximate surface area is 100 Å². The van der Waals surface area contributed by atoms with Crippen LogP contribution in [0.25, 0.3) is 16.8 Å². The Kier molecular flexibility index (Phi) is 2.77. The van der Waals surface area contributed by atoms with Crippen LogP contribution in [0.3, 0.4) is 0 Å². The van der Waals surface area contributed by atoms with Gasteiger partial charge in [-0.05, 0) is 29.5 Å². The highest BCUT2D eigenvalue weighted by Crippen LogP contribution is 2.27. The van der Waals surface area contributed by atoms with Gasteiger partial charge in [0.25, 0.3) is 10.1 Å². The van der Waals surface area contributed by atoms with E-state index in [2.05, 4.69) is 6.58 Å². The van der Waals surface area contributed by atoms with Gasteiger partial charge in [-0.15, -0.1) is 0 Å². The van der Waals surface area contributed by atoms with Gasteiger partial charge in [0.1, 0.15) is 4.90 Å². The molecule has 3 nitrogen and oxygen atoms in total. The van der Waals surface area contributed by atoms with E-state index in [0.717, 1.165) is 16.5 Å². The summed E-state index contributed by atoms with van der Waals surface area (Å²) in [5.41, 5.74) is 1.62. The first-order chi connectivity index (χ1) is 7.93. The lowest BCUT2D eigenvalue weighted by Gasteiger charge is -2.08. The van der Waals surface area contributed by atoms with Gasteiger partial charge in [0, 0.05) is 5.39 Å². The van der Waals surface area contributed by atoms with Crippen molar-refractivity contribution in [2.75, 3.05) is 0 Å². The van der Waals surface area contributed by atoms with E-state index in [0.29, 0.717) is 5.39 Å². The lowest BCUT2D eigenvalue weighted by atomic mass is 10.0. The van der Waals surface area contributed by atoms with Crippen LogP contribution in [0.2, 0.25) is 0 Å². The molecule has 0 amide bonds. The molecule has 0 saturated heterocycles. The normalized spacial score (nSPS) is 11.6. The molecule has 2 aromatic carbocycles. The summed E-state index contributed by atoms with van der Waals surface area (Å²) in [6.45, 7) is 5.48. The van der Waals surface area contributed by atoms with E-state index in [1.807, 2.05) is 12.1 Å². The first kappa shape index (κ1) is 11.8. The first-order valence-electron chi connectivity index (χ1n) is 5.07. The fourth-order valence-corrected chi connectivity index (χ4v) is 2.70. The molecule has 0 atom stereocenters. The standard InChI is InChI=1S/C13H12O3S/c1-3-10-5-4-6-11-12(10)7-9(2)8-13(11)17(14,15)16/h3-8H,1H2,2H3,(H,14,15,16). The smallest absolute Gasteiger partial charge is 0.282 e. The van der Waals surface area contributed by atoms with Gasteiger partial charge in [-0.3, -0.25) is 4.55 Å². The Morgan fingerprint density at radius 1 is 1.24 bits per heavy atom. The van der Waals surface area contributed by atoms with Gasteiger partial charge in [-0.25, -0.2) is 0 Å². The fourth-order valence-electron chi connectivity index (χ4n) is 1.90. The second-order valence-electron chi connectivity index (χ2n) is 3.88. The minimum absolute atomic E-state index is 0.0591. The average Bonchev–Trinajstić information content (AvgIpc) is 2.26. The van der Waals surface area contributed by atoms with E-state index < -0.39 is 10.1 Å². The van der Waals surface area contributed by atoms with Gasteiger partial charge < -0.3 is 0 Å². The third kappa shape index (κ3) is 2.09. The van der Waals surface area contributed by atoms with Crippen molar-refractivity contribution in [1.82, 2.24) is 0 Å².